The van der Waals surface area contributed by atoms with Gasteiger partial charge in [0.25, 0.3) is 0 Å². The second-order valence-electron chi connectivity index (χ2n) is 4.69. The number of carbonyl (C=O) groups excluding carboxylic acids is 1. The minimum absolute atomic E-state index is 0. The summed E-state index contributed by atoms with van der Waals surface area (Å²) in [5.74, 6) is 0.724. The Morgan fingerprint density at radius 2 is 2.10 bits per heavy atom. The number of rotatable bonds is 7. The Kier molecular flexibility index (Phi) is 12.7. The largest absolute Gasteiger partial charge is 0.476 e. The molecule has 1 aromatic rings. The fourth-order valence-corrected chi connectivity index (χ4v) is 1.64. The summed E-state index contributed by atoms with van der Waals surface area (Å²) >= 11 is 5.70. The predicted octanol–water partition coefficient (Wildman–Crippen LogP) is 2.45. The topological polar surface area (TPSA) is 77.2 Å². The van der Waals surface area contributed by atoms with Crippen LogP contribution in [0.3, 0.4) is 0 Å². The Hall–Kier alpha value is -0.750. The van der Waals surface area contributed by atoms with Gasteiger partial charge in [-0.1, -0.05) is 25.4 Å². The summed E-state index contributed by atoms with van der Waals surface area (Å²) in [6, 6.07) is 2.91. The highest BCUT2D eigenvalue weighted by Crippen LogP contribution is 2.10. The molecule has 21 heavy (non-hydrogen) atoms. The Morgan fingerprint density at radius 3 is 2.62 bits per heavy atom. The molecular formula is C13H22Cl3N3O2. The number of hydrogen-bond acceptors (Lipinski definition) is 4. The van der Waals surface area contributed by atoms with E-state index in [0.29, 0.717) is 36.4 Å². The number of carbonyl (C=O) groups is 1. The fourth-order valence-electron chi connectivity index (χ4n) is 1.52. The maximum absolute atomic E-state index is 11.6. The van der Waals surface area contributed by atoms with Gasteiger partial charge in [0.1, 0.15) is 6.61 Å². The second kappa shape index (κ2) is 11.9. The zero-order valence-corrected chi connectivity index (χ0v) is 14.4. The van der Waals surface area contributed by atoms with Crippen LogP contribution in [0.15, 0.2) is 18.3 Å². The number of amides is 1. The molecule has 0 aliphatic heterocycles. The van der Waals surface area contributed by atoms with Gasteiger partial charge in [-0.05, 0) is 18.4 Å². The molecule has 0 aromatic carbocycles. The van der Waals surface area contributed by atoms with E-state index >= 15 is 0 Å². The molecule has 8 heteroatoms. The Balaban J connectivity index is 0. The molecule has 0 aliphatic rings. The van der Waals surface area contributed by atoms with E-state index in [1.165, 1.54) is 6.20 Å². The number of pyridine rings is 1. The first-order valence-electron chi connectivity index (χ1n) is 6.26. The number of halogens is 3. The third-order valence-electron chi connectivity index (χ3n) is 2.41. The number of ether oxygens (including phenoxy) is 1. The lowest BCUT2D eigenvalue weighted by Crippen LogP contribution is -2.42. The molecule has 122 valence electrons. The van der Waals surface area contributed by atoms with Crippen LogP contribution < -0.4 is 15.8 Å². The molecule has 0 unspecified atom stereocenters. The zero-order chi connectivity index (χ0) is 14.3. The van der Waals surface area contributed by atoms with Gasteiger partial charge in [0.15, 0.2) is 0 Å². The van der Waals surface area contributed by atoms with Crippen molar-refractivity contribution in [3.63, 3.8) is 0 Å². The molecule has 1 heterocycles. The number of nitrogens with zero attached hydrogens (tertiary/aromatic N) is 1. The summed E-state index contributed by atoms with van der Waals surface area (Å²) < 4.78 is 5.35. The number of aromatic nitrogens is 1. The number of hydrogen-bond donors (Lipinski definition) is 2. The number of nitrogens with one attached hydrogen (secondary N) is 1. The van der Waals surface area contributed by atoms with Crippen molar-refractivity contribution in [1.29, 1.82) is 0 Å². The summed E-state index contributed by atoms with van der Waals surface area (Å²) in [6.07, 6.45) is 2.18. The highest BCUT2D eigenvalue weighted by Gasteiger charge is 2.13. The van der Waals surface area contributed by atoms with E-state index in [9.17, 15) is 4.79 Å². The molecular weight excluding hydrogens is 337 g/mol. The second-order valence-corrected chi connectivity index (χ2v) is 5.13. The van der Waals surface area contributed by atoms with Gasteiger partial charge in [-0.15, -0.1) is 24.8 Å². The minimum Gasteiger partial charge on any atom is -0.476 e. The van der Waals surface area contributed by atoms with Crippen LogP contribution in [0.4, 0.5) is 0 Å². The molecule has 0 saturated heterocycles. The first-order valence-corrected chi connectivity index (χ1v) is 6.64. The summed E-state index contributed by atoms with van der Waals surface area (Å²) in [7, 11) is 0. The van der Waals surface area contributed by atoms with Crippen molar-refractivity contribution in [2.24, 2.45) is 11.7 Å². The smallest absolute Gasteiger partial charge is 0.237 e. The Morgan fingerprint density at radius 1 is 1.43 bits per heavy atom. The highest BCUT2D eigenvalue weighted by atomic mass is 35.5. The fraction of sp³-hybridized carbons (Fsp3) is 0.538. The van der Waals surface area contributed by atoms with E-state index in [2.05, 4.69) is 10.3 Å². The van der Waals surface area contributed by atoms with E-state index in [4.69, 9.17) is 22.1 Å². The van der Waals surface area contributed by atoms with Gasteiger partial charge in [0.2, 0.25) is 11.8 Å². The summed E-state index contributed by atoms with van der Waals surface area (Å²) in [6.45, 7) is 4.80. The van der Waals surface area contributed by atoms with Crippen molar-refractivity contribution in [2.75, 3.05) is 13.2 Å². The first kappa shape index (κ1) is 22.5. The monoisotopic (exact) mass is 357 g/mol. The number of nitrogens with two attached hydrogens (primary N) is 1. The third kappa shape index (κ3) is 9.74. The van der Waals surface area contributed by atoms with E-state index in [1.54, 1.807) is 12.1 Å². The normalized spacial score (nSPS) is 11.1. The minimum atomic E-state index is -0.464. The van der Waals surface area contributed by atoms with Crippen LogP contribution in [0.2, 0.25) is 5.02 Å². The van der Waals surface area contributed by atoms with Gasteiger partial charge in [0.05, 0.1) is 17.6 Å². The summed E-state index contributed by atoms with van der Waals surface area (Å²) in [5.41, 5.74) is 5.75. The first-order chi connectivity index (χ1) is 8.99. The molecule has 3 N–H and O–H groups in total. The van der Waals surface area contributed by atoms with Gasteiger partial charge in [-0.2, -0.15) is 0 Å². The van der Waals surface area contributed by atoms with Crippen LogP contribution in [0.5, 0.6) is 5.88 Å². The van der Waals surface area contributed by atoms with Crippen molar-refractivity contribution in [1.82, 2.24) is 10.3 Å². The van der Waals surface area contributed by atoms with Crippen LogP contribution in [0.25, 0.3) is 0 Å². The lowest BCUT2D eigenvalue weighted by atomic mass is 10.0. The lowest BCUT2D eigenvalue weighted by Gasteiger charge is -2.14. The highest BCUT2D eigenvalue weighted by molar-refractivity contribution is 6.30. The van der Waals surface area contributed by atoms with Crippen LogP contribution in [-0.2, 0) is 4.79 Å². The molecule has 5 nitrogen and oxygen atoms in total. The van der Waals surface area contributed by atoms with Crippen molar-refractivity contribution < 1.29 is 9.53 Å². The summed E-state index contributed by atoms with van der Waals surface area (Å²) in [5, 5.41) is 3.28. The van der Waals surface area contributed by atoms with Crippen molar-refractivity contribution in [3.8, 4) is 5.88 Å². The zero-order valence-electron chi connectivity index (χ0n) is 12.0. The third-order valence-corrected chi connectivity index (χ3v) is 2.64. The van der Waals surface area contributed by atoms with Crippen molar-refractivity contribution >= 4 is 42.3 Å². The molecule has 0 saturated carbocycles. The van der Waals surface area contributed by atoms with Gasteiger partial charge < -0.3 is 15.8 Å². The Labute approximate surface area is 142 Å². The average Bonchev–Trinajstić information content (AvgIpc) is 2.35. The molecule has 1 rings (SSSR count). The lowest BCUT2D eigenvalue weighted by molar-refractivity contribution is -0.122. The van der Waals surface area contributed by atoms with E-state index in [-0.39, 0.29) is 30.7 Å². The maximum Gasteiger partial charge on any atom is 0.237 e. The van der Waals surface area contributed by atoms with Crippen molar-refractivity contribution in [2.45, 2.75) is 26.3 Å². The van der Waals surface area contributed by atoms with Gasteiger partial charge >= 0.3 is 0 Å². The summed E-state index contributed by atoms with van der Waals surface area (Å²) in [4.78, 5) is 15.6. The van der Waals surface area contributed by atoms with Gasteiger partial charge in [0, 0.05) is 12.3 Å². The van der Waals surface area contributed by atoms with E-state index in [0.717, 1.165) is 0 Å². The SMILES string of the molecule is CC(C)C[C@H](N)C(=O)NCCOc1ccc(Cl)cn1.Cl.Cl. The predicted molar refractivity (Wildman–Crippen MR) is 89.7 cm³/mol. The molecule has 0 fully saturated rings. The van der Waals surface area contributed by atoms with Gasteiger partial charge in [-0.25, -0.2) is 4.98 Å². The molecule has 0 radical (unpaired) electrons. The quantitative estimate of drug-likeness (QED) is 0.734. The molecule has 0 spiro atoms. The molecule has 1 atom stereocenters. The van der Waals surface area contributed by atoms with Crippen LogP contribution >= 0.6 is 36.4 Å². The standard InChI is InChI=1S/C13H20ClN3O2.2ClH/c1-9(2)7-11(15)13(18)16-5-6-19-12-4-3-10(14)8-17-12;;/h3-4,8-9,11H,5-7,15H2,1-2H3,(H,16,18);2*1H/t11-;;/m0../s1. The van der Waals surface area contributed by atoms with E-state index < -0.39 is 6.04 Å². The van der Waals surface area contributed by atoms with Crippen molar-refractivity contribution in [3.05, 3.63) is 23.4 Å². The van der Waals surface area contributed by atoms with Crippen LogP contribution in [-0.4, -0.2) is 30.1 Å². The van der Waals surface area contributed by atoms with Gasteiger partial charge in [-0.3, -0.25) is 4.79 Å². The van der Waals surface area contributed by atoms with Crippen LogP contribution in [0, 0.1) is 5.92 Å². The molecule has 0 bridgehead atoms. The average molecular weight is 359 g/mol. The molecule has 1 aromatic heterocycles. The maximum atomic E-state index is 11.6. The van der Waals surface area contributed by atoms with Crippen LogP contribution in [0.1, 0.15) is 20.3 Å². The van der Waals surface area contributed by atoms with E-state index in [1.807, 2.05) is 13.8 Å². The molecule has 1 amide bonds. The molecule has 0 aliphatic carbocycles. The Bertz CT molecular complexity index is 402.